The number of amides is 2. The number of nitrogens with one attached hydrogen (secondary N) is 2. The van der Waals surface area contributed by atoms with Gasteiger partial charge in [0, 0.05) is 12.8 Å². The van der Waals surface area contributed by atoms with Gasteiger partial charge in [0.05, 0.1) is 27.5 Å². The van der Waals surface area contributed by atoms with Crippen LogP contribution in [0, 0.1) is 6.92 Å². The highest BCUT2D eigenvalue weighted by molar-refractivity contribution is 7.90. The Morgan fingerprint density at radius 3 is 2.48 bits per heavy atom. The number of carboxylic acids is 1. The molecule has 0 fully saturated rings. The first-order valence-electron chi connectivity index (χ1n) is 7.95. The van der Waals surface area contributed by atoms with E-state index >= 15 is 0 Å². The van der Waals surface area contributed by atoms with Crippen molar-refractivity contribution >= 4 is 38.3 Å². The van der Waals surface area contributed by atoms with Crippen LogP contribution in [-0.4, -0.2) is 43.3 Å². The van der Waals surface area contributed by atoms with Gasteiger partial charge >= 0.3 is 18.2 Å². The van der Waals surface area contributed by atoms with Crippen molar-refractivity contribution in [1.82, 2.24) is 10.3 Å². The summed E-state index contributed by atoms with van der Waals surface area (Å²) in [5.41, 5.74) is -0.860. The van der Waals surface area contributed by atoms with Gasteiger partial charge in [0.15, 0.2) is 15.0 Å². The molecule has 29 heavy (non-hydrogen) atoms. The lowest BCUT2D eigenvalue weighted by Crippen LogP contribution is -2.30. The van der Waals surface area contributed by atoms with Crippen LogP contribution in [0.1, 0.15) is 17.7 Å². The third-order valence-electron chi connectivity index (χ3n) is 3.59. The number of hydrogen-bond donors (Lipinski definition) is 3. The number of halogens is 3. The monoisotopic (exact) mass is 451 g/mol. The van der Waals surface area contributed by atoms with Crippen LogP contribution in [0.25, 0.3) is 10.4 Å². The molecule has 0 radical (unpaired) electrons. The molecule has 0 atom stereocenters. The molecule has 3 N–H and O–H groups in total. The molecule has 1 aromatic carbocycles. The highest BCUT2D eigenvalue weighted by atomic mass is 32.2. The maximum atomic E-state index is 13.3. The number of carbonyl (C=O) groups excluding carboxylic acids is 1. The van der Waals surface area contributed by atoms with Gasteiger partial charge in [0.2, 0.25) is 0 Å². The number of sulfone groups is 1. The molecule has 8 nitrogen and oxygen atoms in total. The fourth-order valence-corrected chi connectivity index (χ4v) is 4.21. The Hall–Kier alpha value is -2.67. The highest BCUT2D eigenvalue weighted by Crippen LogP contribution is 2.39. The van der Waals surface area contributed by atoms with E-state index in [1.54, 1.807) is 0 Å². The van der Waals surface area contributed by atoms with E-state index in [2.05, 4.69) is 15.6 Å². The zero-order valence-electron chi connectivity index (χ0n) is 15.1. The number of benzene rings is 1. The van der Waals surface area contributed by atoms with Gasteiger partial charge in [-0.05, 0) is 24.6 Å². The van der Waals surface area contributed by atoms with Crippen molar-refractivity contribution < 1.29 is 36.3 Å². The van der Waals surface area contributed by atoms with E-state index in [4.69, 9.17) is 5.11 Å². The molecule has 2 amide bonds. The third kappa shape index (κ3) is 5.90. The quantitative estimate of drug-likeness (QED) is 0.620. The number of alkyl halides is 3. The lowest BCUT2D eigenvalue weighted by atomic mass is 10.1. The maximum Gasteiger partial charge on any atom is 0.417 e. The number of aromatic nitrogens is 1. The molecule has 13 heteroatoms. The van der Waals surface area contributed by atoms with Crippen molar-refractivity contribution in [3.63, 3.8) is 0 Å². The number of aliphatic carboxylic acids is 1. The van der Waals surface area contributed by atoms with Gasteiger partial charge < -0.3 is 10.4 Å². The van der Waals surface area contributed by atoms with Crippen molar-refractivity contribution in [2.75, 3.05) is 18.1 Å². The molecular weight excluding hydrogens is 435 g/mol. The number of carbonyl (C=O) groups is 2. The Balaban J connectivity index is 2.32. The molecule has 1 heterocycles. The number of rotatable bonds is 6. The number of thiazole rings is 1. The van der Waals surface area contributed by atoms with Crippen LogP contribution in [0.4, 0.5) is 23.1 Å². The number of anilines is 1. The Labute approximate surface area is 167 Å². The van der Waals surface area contributed by atoms with Gasteiger partial charge in [0.25, 0.3) is 0 Å². The fraction of sp³-hybridized carbons (Fsp3) is 0.312. The summed E-state index contributed by atoms with van der Waals surface area (Å²) in [4.78, 5) is 25.7. The molecule has 2 rings (SSSR count). The molecule has 0 saturated heterocycles. The third-order valence-corrected chi connectivity index (χ3v) is 5.86. The van der Waals surface area contributed by atoms with Gasteiger partial charge in [0.1, 0.15) is 0 Å². The number of aryl methyl sites for hydroxylation is 1. The van der Waals surface area contributed by atoms with E-state index in [0.29, 0.717) is 16.8 Å². The van der Waals surface area contributed by atoms with Crippen LogP contribution in [0.3, 0.4) is 0 Å². The summed E-state index contributed by atoms with van der Waals surface area (Å²) in [5, 5.41) is 13.3. The lowest BCUT2D eigenvalue weighted by molar-refractivity contribution is -0.140. The van der Waals surface area contributed by atoms with Crippen LogP contribution < -0.4 is 10.6 Å². The standard InChI is InChI=1S/C16H16F3N3O5S2/c1-8-13(28-15(21-8)22-14(25)20-6-5-12(23)24)9-3-4-11(29(2,26)27)10(7-9)16(17,18)19/h3-4,7H,5-6H2,1-2H3,(H,23,24)(H2,20,21,22,25). The molecule has 1 aromatic heterocycles. The SMILES string of the molecule is Cc1nc(NC(=O)NCCC(=O)O)sc1-c1ccc(S(C)(=O)=O)c(C(F)(F)F)c1. The average Bonchev–Trinajstić information content (AvgIpc) is 2.92. The van der Waals surface area contributed by atoms with Crippen LogP contribution >= 0.6 is 11.3 Å². The number of hydrogen-bond acceptors (Lipinski definition) is 6. The molecule has 0 aliphatic heterocycles. The normalized spacial score (nSPS) is 11.9. The van der Waals surface area contributed by atoms with E-state index in [-0.39, 0.29) is 23.7 Å². The second-order valence-electron chi connectivity index (χ2n) is 5.94. The first kappa shape index (κ1) is 22.6. The molecule has 0 unspecified atom stereocenters. The maximum absolute atomic E-state index is 13.3. The Kier molecular flexibility index (Phi) is 6.53. The van der Waals surface area contributed by atoms with Gasteiger partial charge in [-0.15, -0.1) is 0 Å². The minimum Gasteiger partial charge on any atom is -0.481 e. The van der Waals surface area contributed by atoms with E-state index < -0.39 is 38.5 Å². The zero-order chi connectivity index (χ0) is 22.0. The predicted molar refractivity (Wildman–Crippen MR) is 99.7 cm³/mol. The van der Waals surface area contributed by atoms with Crippen molar-refractivity contribution in [2.45, 2.75) is 24.4 Å². The fourth-order valence-electron chi connectivity index (χ4n) is 2.36. The first-order chi connectivity index (χ1) is 13.3. The molecule has 2 aromatic rings. The number of carboxylic acid groups (broad SMARTS) is 1. The summed E-state index contributed by atoms with van der Waals surface area (Å²) in [6.07, 6.45) is -4.46. The van der Waals surface area contributed by atoms with Crippen molar-refractivity contribution in [3.05, 3.63) is 29.5 Å². The summed E-state index contributed by atoms with van der Waals surface area (Å²) in [5.74, 6) is -1.09. The van der Waals surface area contributed by atoms with Crippen molar-refractivity contribution in [3.8, 4) is 10.4 Å². The minimum absolute atomic E-state index is 0.0890. The van der Waals surface area contributed by atoms with Crippen LogP contribution in [-0.2, 0) is 20.8 Å². The largest absolute Gasteiger partial charge is 0.481 e. The van der Waals surface area contributed by atoms with Gasteiger partial charge in [-0.2, -0.15) is 13.2 Å². The highest BCUT2D eigenvalue weighted by Gasteiger charge is 2.36. The zero-order valence-corrected chi connectivity index (χ0v) is 16.8. The van der Waals surface area contributed by atoms with E-state index in [1.165, 1.54) is 13.0 Å². The van der Waals surface area contributed by atoms with E-state index in [9.17, 15) is 31.2 Å². The molecule has 0 aliphatic rings. The summed E-state index contributed by atoms with van der Waals surface area (Å²) in [6.45, 7) is 1.41. The summed E-state index contributed by atoms with van der Waals surface area (Å²) >= 11 is 0.897. The molecule has 0 saturated carbocycles. The first-order valence-corrected chi connectivity index (χ1v) is 10.7. The number of urea groups is 1. The second kappa shape index (κ2) is 8.37. The van der Waals surface area contributed by atoms with E-state index in [0.717, 1.165) is 23.5 Å². The van der Waals surface area contributed by atoms with Gasteiger partial charge in [-0.1, -0.05) is 17.4 Å². The lowest BCUT2D eigenvalue weighted by Gasteiger charge is -2.13. The van der Waals surface area contributed by atoms with Crippen molar-refractivity contribution in [2.24, 2.45) is 0 Å². The second-order valence-corrected chi connectivity index (χ2v) is 8.92. The Bertz CT molecular complexity index is 1050. The number of nitrogens with zero attached hydrogens (tertiary/aromatic N) is 1. The average molecular weight is 451 g/mol. The summed E-state index contributed by atoms with van der Waals surface area (Å²) in [6, 6.07) is 2.14. The van der Waals surface area contributed by atoms with Gasteiger partial charge in [-0.25, -0.2) is 18.2 Å². The van der Waals surface area contributed by atoms with Gasteiger partial charge in [-0.3, -0.25) is 10.1 Å². The molecule has 0 bridgehead atoms. The predicted octanol–water partition coefficient (Wildman–Crippen LogP) is 3.14. The summed E-state index contributed by atoms with van der Waals surface area (Å²) in [7, 11) is -4.09. The molecule has 0 spiro atoms. The molecule has 158 valence electrons. The summed E-state index contributed by atoms with van der Waals surface area (Å²) < 4.78 is 63.4. The molecule has 0 aliphatic carbocycles. The van der Waals surface area contributed by atoms with Crippen LogP contribution in [0.2, 0.25) is 0 Å². The smallest absolute Gasteiger partial charge is 0.417 e. The van der Waals surface area contributed by atoms with Crippen molar-refractivity contribution in [1.29, 1.82) is 0 Å². The topological polar surface area (TPSA) is 125 Å². The van der Waals surface area contributed by atoms with Crippen LogP contribution in [0.15, 0.2) is 23.1 Å². The van der Waals surface area contributed by atoms with E-state index in [1.807, 2.05) is 0 Å². The van der Waals surface area contributed by atoms with Crippen LogP contribution in [0.5, 0.6) is 0 Å². The Morgan fingerprint density at radius 1 is 1.28 bits per heavy atom. The molecular formula is C16H16F3N3O5S2. The minimum atomic E-state index is -4.88. The Morgan fingerprint density at radius 2 is 1.93 bits per heavy atom.